The molecule has 0 atom stereocenters. The van der Waals surface area contributed by atoms with Crippen molar-refractivity contribution >= 4 is 34.2 Å². The summed E-state index contributed by atoms with van der Waals surface area (Å²) in [5.74, 6) is 0. The first-order valence-electron chi connectivity index (χ1n) is 12.2. The fourth-order valence-corrected chi connectivity index (χ4v) is 5.44. The Kier molecular flexibility index (Phi) is 7.33. The van der Waals surface area contributed by atoms with Gasteiger partial charge in [-0.1, -0.05) is 76.4 Å². The zero-order chi connectivity index (χ0) is 23.5. The van der Waals surface area contributed by atoms with Gasteiger partial charge in [0.1, 0.15) is 0 Å². The Morgan fingerprint density at radius 1 is 0.447 bits per heavy atom. The normalized spacial score (nSPS) is 14.1. The third kappa shape index (κ3) is 4.65. The van der Waals surface area contributed by atoms with E-state index in [4.69, 9.17) is 9.98 Å². The minimum atomic E-state index is 0. The summed E-state index contributed by atoms with van der Waals surface area (Å²) in [7, 11) is 0. The van der Waals surface area contributed by atoms with Crippen LogP contribution in [0.4, 0.5) is 17.1 Å². The van der Waals surface area contributed by atoms with Gasteiger partial charge in [-0.25, -0.2) is 0 Å². The minimum Gasteiger partial charge on any atom is -0.257 e. The lowest BCUT2D eigenvalue weighted by Gasteiger charge is -2.07. The van der Waals surface area contributed by atoms with Gasteiger partial charge in [-0.2, -0.15) is 0 Å². The maximum Gasteiger partial charge on any atom is 0.0669 e. The molecular weight excluding hydrogens is 462 g/mol. The van der Waals surface area contributed by atoms with E-state index < -0.39 is 0 Å². The molecule has 3 heteroatoms. The van der Waals surface area contributed by atoms with Crippen molar-refractivity contribution < 1.29 is 0 Å². The number of aliphatic imine (C=N–C) groups is 3. The largest absolute Gasteiger partial charge is 0.257 e. The molecule has 3 aliphatic heterocycles. The average molecular weight is 500 g/mol. The Balaban J connectivity index is 0.00000112. The van der Waals surface area contributed by atoms with Crippen LogP contribution in [0.2, 0.25) is 0 Å². The van der Waals surface area contributed by atoms with E-state index in [0.717, 1.165) is 47.7 Å². The summed E-state index contributed by atoms with van der Waals surface area (Å²) in [5, 5.41) is 0. The van der Waals surface area contributed by atoms with Gasteiger partial charge in [0.2, 0.25) is 0 Å². The first-order chi connectivity index (χ1) is 17.1. The Bertz CT molecular complexity index is 1620. The molecule has 0 spiro atoms. The fourth-order valence-electron chi connectivity index (χ4n) is 5.44. The van der Waals surface area contributed by atoms with Gasteiger partial charge in [0.05, 0.1) is 28.5 Å². The number of fused-ring (bicyclic) bond motifs is 3. The molecular formula is C35H37N3. The number of hydrogen-bond donors (Lipinski definition) is 0. The van der Waals surface area contributed by atoms with Crippen LogP contribution in [0.25, 0.3) is 11.1 Å². The molecule has 0 radical (unpaired) electrons. The van der Waals surface area contributed by atoms with E-state index >= 15 is 0 Å². The summed E-state index contributed by atoms with van der Waals surface area (Å²) in [6.07, 6.45) is 2.72. The van der Waals surface area contributed by atoms with Crippen molar-refractivity contribution in [2.45, 2.75) is 55.4 Å². The Morgan fingerprint density at radius 3 is 1.42 bits per heavy atom. The van der Waals surface area contributed by atoms with Crippen molar-refractivity contribution in [1.29, 1.82) is 0 Å². The zero-order valence-corrected chi connectivity index (χ0v) is 20.0. The fraction of sp³-hybridized carbons (Fsp3) is 0.229. The van der Waals surface area contributed by atoms with Crippen molar-refractivity contribution in [1.82, 2.24) is 0 Å². The van der Waals surface area contributed by atoms with Crippen LogP contribution < -0.4 is 0 Å². The molecule has 0 aliphatic carbocycles. The first-order valence-corrected chi connectivity index (χ1v) is 12.2. The standard InChI is InChI=1S/C32H25N3.3CH4/c1-19-3-10-29-25(13-19)17-31(34-29)21-4-6-22(7-5-21)32-18-27-16-24(9-12-30(27)35-32)23-8-11-28-26(15-23)14-20(2)33-28;;;/h3-13,15-16H,14,17-18H2,1-2H3;3*1H4. The minimum absolute atomic E-state index is 0. The second-order valence-corrected chi connectivity index (χ2v) is 9.89. The predicted octanol–water partition coefficient (Wildman–Crippen LogP) is 9.57. The molecule has 4 aromatic carbocycles. The number of benzene rings is 4. The Hall–Kier alpha value is -4.11. The van der Waals surface area contributed by atoms with Gasteiger partial charge in [-0.15, -0.1) is 0 Å². The average Bonchev–Trinajstić information content (AvgIpc) is 3.58. The van der Waals surface area contributed by atoms with Crippen LogP contribution in [0.5, 0.6) is 0 Å². The van der Waals surface area contributed by atoms with E-state index in [9.17, 15) is 0 Å². The smallest absolute Gasteiger partial charge is 0.0669 e. The molecule has 38 heavy (non-hydrogen) atoms. The molecule has 0 bridgehead atoms. The van der Waals surface area contributed by atoms with E-state index in [2.05, 4.69) is 97.7 Å². The summed E-state index contributed by atoms with van der Waals surface area (Å²) >= 11 is 0. The van der Waals surface area contributed by atoms with E-state index in [1.807, 2.05) is 0 Å². The van der Waals surface area contributed by atoms with Gasteiger partial charge in [0.25, 0.3) is 0 Å². The van der Waals surface area contributed by atoms with Gasteiger partial charge in [0.15, 0.2) is 0 Å². The second-order valence-electron chi connectivity index (χ2n) is 9.89. The highest BCUT2D eigenvalue weighted by molar-refractivity contribution is 6.09. The number of nitrogens with zero attached hydrogens (tertiary/aromatic N) is 3. The second kappa shape index (κ2) is 10.3. The molecule has 7 rings (SSSR count). The highest BCUT2D eigenvalue weighted by Gasteiger charge is 2.20. The molecule has 0 saturated heterocycles. The monoisotopic (exact) mass is 499 g/mol. The van der Waals surface area contributed by atoms with Crippen LogP contribution in [0, 0.1) is 6.92 Å². The van der Waals surface area contributed by atoms with Crippen LogP contribution in [-0.4, -0.2) is 17.1 Å². The summed E-state index contributed by atoms with van der Waals surface area (Å²) in [6, 6.07) is 28.6. The predicted molar refractivity (Wildman–Crippen MR) is 166 cm³/mol. The van der Waals surface area contributed by atoms with Crippen molar-refractivity contribution in [2.24, 2.45) is 15.0 Å². The third-order valence-electron chi connectivity index (χ3n) is 7.26. The van der Waals surface area contributed by atoms with Crippen molar-refractivity contribution in [3.05, 3.63) is 112 Å². The summed E-state index contributed by atoms with van der Waals surface area (Å²) in [5.41, 5.74) is 16.9. The van der Waals surface area contributed by atoms with Crippen molar-refractivity contribution in [2.75, 3.05) is 0 Å². The quantitative estimate of drug-likeness (QED) is 0.269. The molecule has 0 aromatic heterocycles. The summed E-state index contributed by atoms with van der Waals surface area (Å²) in [6.45, 7) is 4.24. The summed E-state index contributed by atoms with van der Waals surface area (Å²) in [4.78, 5) is 14.5. The first kappa shape index (κ1) is 26.9. The van der Waals surface area contributed by atoms with Gasteiger partial charge in [0, 0.05) is 25.0 Å². The number of aryl methyl sites for hydroxylation is 1. The van der Waals surface area contributed by atoms with Gasteiger partial charge >= 0.3 is 0 Å². The molecule has 0 N–H and O–H groups in total. The van der Waals surface area contributed by atoms with E-state index in [-0.39, 0.29) is 22.3 Å². The molecule has 3 aliphatic rings. The third-order valence-corrected chi connectivity index (χ3v) is 7.26. The maximum atomic E-state index is 4.96. The topological polar surface area (TPSA) is 37.1 Å². The summed E-state index contributed by atoms with van der Waals surface area (Å²) < 4.78 is 0. The van der Waals surface area contributed by atoms with Crippen LogP contribution in [0.15, 0.2) is 93.8 Å². The molecule has 0 saturated carbocycles. The molecule has 0 unspecified atom stereocenters. The van der Waals surface area contributed by atoms with Crippen LogP contribution in [0.1, 0.15) is 62.6 Å². The van der Waals surface area contributed by atoms with Crippen LogP contribution >= 0.6 is 0 Å². The lowest BCUT2D eigenvalue weighted by Crippen LogP contribution is -2.04. The number of rotatable bonds is 3. The lowest BCUT2D eigenvalue weighted by molar-refractivity contribution is 1.34. The van der Waals surface area contributed by atoms with E-state index in [1.54, 1.807) is 0 Å². The Labute approximate surface area is 227 Å². The van der Waals surface area contributed by atoms with Crippen LogP contribution in [0.3, 0.4) is 0 Å². The van der Waals surface area contributed by atoms with Crippen molar-refractivity contribution in [3.8, 4) is 11.1 Å². The molecule has 4 aromatic rings. The van der Waals surface area contributed by atoms with Gasteiger partial charge in [-0.05, 0) is 83.1 Å². The van der Waals surface area contributed by atoms with Crippen molar-refractivity contribution in [3.63, 3.8) is 0 Å². The highest BCUT2D eigenvalue weighted by Crippen LogP contribution is 2.36. The Morgan fingerprint density at radius 2 is 0.868 bits per heavy atom. The van der Waals surface area contributed by atoms with Gasteiger partial charge < -0.3 is 0 Å². The van der Waals surface area contributed by atoms with E-state index in [1.165, 1.54) is 50.2 Å². The molecule has 192 valence electrons. The molecule has 0 fully saturated rings. The lowest BCUT2D eigenvalue weighted by atomic mass is 9.96. The molecule has 3 heterocycles. The van der Waals surface area contributed by atoms with E-state index in [0.29, 0.717) is 0 Å². The van der Waals surface area contributed by atoms with Crippen LogP contribution in [-0.2, 0) is 19.3 Å². The number of hydrogen-bond acceptors (Lipinski definition) is 3. The SMILES string of the molecule is C.C.C.CC1=Nc2ccc(-c3ccc4c(c3)CC(c3ccc(C5=Nc6ccc(C)cc6C5)cc3)=N4)cc2C1. The van der Waals surface area contributed by atoms with Gasteiger partial charge in [-0.3, -0.25) is 15.0 Å². The zero-order valence-electron chi connectivity index (χ0n) is 20.0. The maximum absolute atomic E-state index is 4.96. The molecule has 3 nitrogen and oxygen atoms in total. The molecule has 0 amide bonds. The highest BCUT2D eigenvalue weighted by atomic mass is 14.8.